The fourth-order valence-electron chi connectivity index (χ4n) is 2.90. The Bertz CT molecular complexity index is 877. The lowest BCUT2D eigenvalue weighted by Crippen LogP contribution is -2.26. The normalized spacial score (nSPS) is 12.0. The molecule has 3 rings (SSSR count). The molecule has 0 aliphatic carbocycles. The van der Waals surface area contributed by atoms with Gasteiger partial charge in [-0.15, -0.1) is 0 Å². The third-order valence-electron chi connectivity index (χ3n) is 4.23. The highest BCUT2D eigenvalue weighted by atomic mass is 15.1. The molecule has 0 radical (unpaired) electrons. The van der Waals surface area contributed by atoms with Crippen molar-refractivity contribution in [2.24, 2.45) is 0 Å². The average Bonchev–Trinajstić information content (AvgIpc) is 2.65. The number of rotatable bonds is 7. The van der Waals surface area contributed by atoms with Crippen molar-refractivity contribution >= 4 is 23.1 Å². The van der Waals surface area contributed by atoms with E-state index in [2.05, 4.69) is 58.8 Å². The maximum Gasteiger partial charge on any atom is 0.229 e. The Labute approximate surface area is 161 Å². The van der Waals surface area contributed by atoms with Crippen LogP contribution in [-0.4, -0.2) is 16.0 Å². The van der Waals surface area contributed by atoms with E-state index in [1.165, 1.54) is 5.56 Å². The van der Waals surface area contributed by atoms with E-state index in [0.29, 0.717) is 12.0 Å². The minimum absolute atomic E-state index is 0.279. The second-order valence-corrected chi connectivity index (χ2v) is 7.01. The molecule has 5 nitrogen and oxygen atoms in total. The molecule has 0 aliphatic heterocycles. The van der Waals surface area contributed by atoms with E-state index in [-0.39, 0.29) is 6.04 Å². The fraction of sp³-hybridized carbons (Fsp3) is 0.273. The van der Waals surface area contributed by atoms with Crippen molar-refractivity contribution in [3.8, 4) is 0 Å². The quantitative estimate of drug-likeness (QED) is 0.531. The number of hydrogen-bond donors (Lipinski definition) is 3. The van der Waals surface area contributed by atoms with Crippen molar-refractivity contribution < 1.29 is 0 Å². The van der Waals surface area contributed by atoms with Crippen LogP contribution in [0.3, 0.4) is 0 Å². The second-order valence-electron chi connectivity index (χ2n) is 7.01. The number of nitrogens with one attached hydrogen (secondary N) is 3. The molecule has 0 saturated heterocycles. The van der Waals surface area contributed by atoms with Gasteiger partial charge in [-0.1, -0.05) is 44.2 Å². The molecule has 27 heavy (non-hydrogen) atoms. The van der Waals surface area contributed by atoms with Gasteiger partial charge >= 0.3 is 0 Å². The van der Waals surface area contributed by atoms with Gasteiger partial charge < -0.3 is 16.0 Å². The van der Waals surface area contributed by atoms with E-state index in [0.717, 1.165) is 22.8 Å². The minimum Gasteiger partial charge on any atom is -0.340 e. The summed E-state index contributed by atoms with van der Waals surface area (Å²) in [5, 5.41) is 10.2. The summed E-state index contributed by atoms with van der Waals surface area (Å²) >= 11 is 0. The first kappa shape index (κ1) is 18.9. The minimum atomic E-state index is 0.279. The van der Waals surface area contributed by atoms with Gasteiger partial charge in [-0.25, -0.2) is 4.98 Å². The molecule has 2 aromatic carbocycles. The smallest absolute Gasteiger partial charge is 0.229 e. The third-order valence-corrected chi connectivity index (χ3v) is 4.23. The molecule has 0 bridgehead atoms. The van der Waals surface area contributed by atoms with Crippen molar-refractivity contribution in [1.82, 2.24) is 15.3 Å². The summed E-state index contributed by atoms with van der Waals surface area (Å²) in [5.41, 5.74) is 4.19. The number of nitrogens with zero attached hydrogens (tertiary/aromatic N) is 2. The number of benzene rings is 2. The molecule has 0 saturated carbocycles. The van der Waals surface area contributed by atoms with Crippen LogP contribution in [0.2, 0.25) is 0 Å². The molecule has 3 aromatic rings. The number of aryl methyl sites for hydroxylation is 1. The molecule has 0 amide bonds. The lowest BCUT2D eigenvalue weighted by Gasteiger charge is -2.18. The molecule has 0 fully saturated rings. The molecular weight excluding hydrogens is 334 g/mol. The van der Waals surface area contributed by atoms with E-state index in [4.69, 9.17) is 0 Å². The van der Waals surface area contributed by atoms with Crippen LogP contribution in [0.25, 0.3) is 0 Å². The Morgan fingerprint density at radius 1 is 0.852 bits per heavy atom. The Morgan fingerprint density at radius 3 is 2.33 bits per heavy atom. The van der Waals surface area contributed by atoms with Gasteiger partial charge in [0.25, 0.3) is 0 Å². The lowest BCUT2D eigenvalue weighted by atomic mass is 10.1. The van der Waals surface area contributed by atoms with E-state index in [1.807, 2.05) is 55.6 Å². The standard InChI is InChI=1S/C22H27N5/c1-15(2)24-17(4)18-9-8-12-20(13-18)26-22-23-14-16(3)21(27-22)25-19-10-6-5-7-11-19/h5-15,17,24H,1-4H3,(H2,23,25,26,27). The largest absolute Gasteiger partial charge is 0.340 e. The maximum absolute atomic E-state index is 4.64. The van der Waals surface area contributed by atoms with Gasteiger partial charge in [-0.05, 0) is 43.7 Å². The Morgan fingerprint density at radius 2 is 1.59 bits per heavy atom. The summed E-state index contributed by atoms with van der Waals surface area (Å²) in [6.07, 6.45) is 1.83. The summed E-state index contributed by atoms with van der Waals surface area (Å²) in [5.74, 6) is 1.37. The predicted molar refractivity (Wildman–Crippen MR) is 113 cm³/mol. The van der Waals surface area contributed by atoms with Gasteiger partial charge in [0.05, 0.1) is 0 Å². The number of hydrogen-bond acceptors (Lipinski definition) is 5. The van der Waals surface area contributed by atoms with Crippen LogP contribution in [0, 0.1) is 6.92 Å². The SMILES string of the molecule is Cc1cnc(Nc2cccc(C(C)NC(C)C)c2)nc1Nc1ccccc1. The van der Waals surface area contributed by atoms with E-state index < -0.39 is 0 Å². The monoisotopic (exact) mass is 361 g/mol. The molecular formula is C22H27N5. The summed E-state index contributed by atoms with van der Waals surface area (Å²) in [6, 6.07) is 19.1. The second kappa shape index (κ2) is 8.64. The molecule has 1 aromatic heterocycles. The van der Waals surface area contributed by atoms with Gasteiger partial charge in [0, 0.05) is 35.2 Å². The lowest BCUT2D eigenvalue weighted by molar-refractivity contribution is 0.506. The molecule has 1 atom stereocenters. The summed E-state index contributed by atoms with van der Waals surface area (Å²) in [4.78, 5) is 9.06. The first-order chi connectivity index (χ1) is 13.0. The zero-order chi connectivity index (χ0) is 19.2. The Kier molecular flexibility index (Phi) is 6.04. The third kappa shape index (κ3) is 5.28. The van der Waals surface area contributed by atoms with E-state index in [1.54, 1.807) is 0 Å². The van der Waals surface area contributed by atoms with Crippen LogP contribution in [0.1, 0.15) is 37.9 Å². The molecule has 140 valence electrons. The van der Waals surface area contributed by atoms with Crippen molar-refractivity contribution in [3.05, 3.63) is 71.9 Å². The highest BCUT2D eigenvalue weighted by molar-refractivity contribution is 5.62. The average molecular weight is 361 g/mol. The van der Waals surface area contributed by atoms with Crippen LogP contribution in [0.4, 0.5) is 23.1 Å². The van der Waals surface area contributed by atoms with Crippen LogP contribution < -0.4 is 16.0 Å². The Balaban J connectivity index is 1.77. The number of para-hydroxylation sites is 1. The topological polar surface area (TPSA) is 61.9 Å². The van der Waals surface area contributed by atoms with Crippen molar-refractivity contribution in [1.29, 1.82) is 0 Å². The molecule has 1 unspecified atom stereocenters. The number of aromatic nitrogens is 2. The van der Waals surface area contributed by atoms with Crippen LogP contribution in [0.15, 0.2) is 60.8 Å². The Hall–Kier alpha value is -2.92. The zero-order valence-corrected chi connectivity index (χ0v) is 16.3. The molecule has 0 aliphatic rings. The summed E-state index contributed by atoms with van der Waals surface area (Å²) < 4.78 is 0. The van der Waals surface area contributed by atoms with Gasteiger partial charge in [-0.2, -0.15) is 4.98 Å². The zero-order valence-electron chi connectivity index (χ0n) is 16.3. The van der Waals surface area contributed by atoms with E-state index in [9.17, 15) is 0 Å². The molecule has 5 heteroatoms. The molecule has 3 N–H and O–H groups in total. The van der Waals surface area contributed by atoms with E-state index >= 15 is 0 Å². The maximum atomic E-state index is 4.64. The first-order valence-corrected chi connectivity index (χ1v) is 9.30. The van der Waals surface area contributed by atoms with Crippen molar-refractivity contribution in [3.63, 3.8) is 0 Å². The van der Waals surface area contributed by atoms with Crippen molar-refractivity contribution in [2.45, 2.75) is 39.8 Å². The predicted octanol–water partition coefficient (Wildman–Crippen LogP) is 5.33. The van der Waals surface area contributed by atoms with Crippen molar-refractivity contribution in [2.75, 3.05) is 10.6 Å². The highest BCUT2D eigenvalue weighted by Gasteiger charge is 2.09. The van der Waals surface area contributed by atoms with Gasteiger partial charge in [-0.3, -0.25) is 0 Å². The number of anilines is 4. The van der Waals surface area contributed by atoms with Crippen LogP contribution in [0.5, 0.6) is 0 Å². The van der Waals surface area contributed by atoms with Crippen LogP contribution in [-0.2, 0) is 0 Å². The highest BCUT2D eigenvalue weighted by Crippen LogP contribution is 2.23. The molecule has 0 spiro atoms. The first-order valence-electron chi connectivity index (χ1n) is 9.30. The van der Waals surface area contributed by atoms with Gasteiger partial charge in [0.1, 0.15) is 5.82 Å². The summed E-state index contributed by atoms with van der Waals surface area (Å²) in [7, 11) is 0. The molecule has 1 heterocycles. The van der Waals surface area contributed by atoms with Gasteiger partial charge in [0.2, 0.25) is 5.95 Å². The summed E-state index contributed by atoms with van der Waals surface area (Å²) in [6.45, 7) is 8.47. The fourth-order valence-corrected chi connectivity index (χ4v) is 2.90. The van der Waals surface area contributed by atoms with Crippen LogP contribution >= 0.6 is 0 Å². The van der Waals surface area contributed by atoms with Gasteiger partial charge in [0.15, 0.2) is 0 Å².